The number of tetrazole rings is 1. The standard InChI is InChI=1S/C18H27N5O4S/c1-4-13-23-17(19-20-21-23)14-27-18(24)12-9-15-7-10-16(11-8-15)28(25,26)22(5-2)6-3/h7-8,10-11H,4-6,9,12-14H2,1-3H3. The number of benzene rings is 1. The third-order valence-electron chi connectivity index (χ3n) is 4.29. The van der Waals surface area contributed by atoms with Gasteiger partial charge in [-0.05, 0) is 41.0 Å². The number of nitrogens with zero attached hydrogens (tertiary/aromatic N) is 5. The summed E-state index contributed by atoms with van der Waals surface area (Å²) in [6, 6.07) is 6.61. The Balaban J connectivity index is 1.87. The molecule has 2 aromatic rings. The predicted molar refractivity (Wildman–Crippen MR) is 103 cm³/mol. The van der Waals surface area contributed by atoms with Crippen LogP contribution in [0.1, 0.15) is 45.0 Å². The summed E-state index contributed by atoms with van der Waals surface area (Å²) in [7, 11) is -3.47. The third kappa shape index (κ3) is 5.59. The minimum atomic E-state index is -3.47. The van der Waals surface area contributed by atoms with Crippen LogP contribution in [0.2, 0.25) is 0 Å². The third-order valence-corrected chi connectivity index (χ3v) is 6.35. The lowest BCUT2D eigenvalue weighted by Crippen LogP contribution is -2.30. The monoisotopic (exact) mass is 409 g/mol. The Morgan fingerprint density at radius 1 is 1.14 bits per heavy atom. The summed E-state index contributed by atoms with van der Waals surface area (Å²) in [5.74, 6) is 0.159. The average Bonchev–Trinajstić information content (AvgIpc) is 3.13. The van der Waals surface area contributed by atoms with Crippen LogP contribution < -0.4 is 0 Å². The van der Waals surface area contributed by atoms with Crippen LogP contribution in [0.15, 0.2) is 29.2 Å². The molecule has 0 bridgehead atoms. The second-order valence-corrected chi connectivity index (χ2v) is 8.15. The van der Waals surface area contributed by atoms with Gasteiger partial charge in [-0.1, -0.05) is 32.9 Å². The normalized spacial score (nSPS) is 11.7. The van der Waals surface area contributed by atoms with Crippen molar-refractivity contribution in [3.63, 3.8) is 0 Å². The van der Waals surface area contributed by atoms with Gasteiger partial charge in [0.2, 0.25) is 10.0 Å². The van der Waals surface area contributed by atoms with E-state index >= 15 is 0 Å². The summed E-state index contributed by atoms with van der Waals surface area (Å²) < 4.78 is 33.2. The Morgan fingerprint density at radius 3 is 2.43 bits per heavy atom. The second kappa shape index (κ2) is 10.3. The van der Waals surface area contributed by atoms with Gasteiger partial charge < -0.3 is 4.74 Å². The molecule has 0 radical (unpaired) electrons. The number of rotatable bonds is 11. The first-order valence-corrected chi connectivity index (χ1v) is 10.9. The van der Waals surface area contributed by atoms with Gasteiger partial charge in [0.15, 0.2) is 12.4 Å². The lowest BCUT2D eigenvalue weighted by Gasteiger charge is -2.18. The van der Waals surface area contributed by atoms with E-state index < -0.39 is 10.0 Å². The summed E-state index contributed by atoms with van der Waals surface area (Å²) >= 11 is 0. The van der Waals surface area contributed by atoms with Crippen LogP contribution in [-0.2, 0) is 39.1 Å². The van der Waals surface area contributed by atoms with Gasteiger partial charge >= 0.3 is 5.97 Å². The molecule has 10 heteroatoms. The van der Waals surface area contributed by atoms with Crippen LogP contribution in [0.5, 0.6) is 0 Å². The number of sulfonamides is 1. The van der Waals surface area contributed by atoms with Crippen LogP contribution in [0, 0.1) is 0 Å². The van der Waals surface area contributed by atoms with Crippen molar-refractivity contribution in [1.29, 1.82) is 0 Å². The number of carbonyl (C=O) groups excluding carboxylic acids is 1. The lowest BCUT2D eigenvalue weighted by atomic mass is 10.1. The van der Waals surface area contributed by atoms with Crippen molar-refractivity contribution in [3.05, 3.63) is 35.7 Å². The highest BCUT2D eigenvalue weighted by Crippen LogP contribution is 2.17. The Kier molecular flexibility index (Phi) is 8.06. The van der Waals surface area contributed by atoms with Crippen LogP contribution in [-0.4, -0.2) is 52.0 Å². The van der Waals surface area contributed by atoms with E-state index in [2.05, 4.69) is 15.5 Å². The molecule has 154 valence electrons. The minimum Gasteiger partial charge on any atom is -0.457 e. The highest BCUT2D eigenvalue weighted by atomic mass is 32.2. The van der Waals surface area contributed by atoms with Crippen molar-refractivity contribution >= 4 is 16.0 Å². The van der Waals surface area contributed by atoms with Gasteiger partial charge in [-0.3, -0.25) is 4.79 Å². The molecule has 9 nitrogen and oxygen atoms in total. The zero-order valence-electron chi connectivity index (χ0n) is 16.5. The highest BCUT2D eigenvalue weighted by Gasteiger charge is 2.21. The smallest absolute Gasteiger partial charge is 0.306 e. The van der Waals surface area contributed by atoms with Gasteiger partial charge in [0.25, 0.3) is 0 Å². The van der Waals surface area contributed by atoms with Crippen molar-refractivity contribution in [1.82, 2.24) is 24.5 Å². The number of hydrogen-bond acceptors (Lipinski definition) is 7. The van der Waals surface area contributed by atoms with Crippen LogP contribution in [0.25, 0.3) is 0 Å². The molecule has 0 saturated carbocycles. The van der Waals surface area contributed by atoms with E-state index in [9.17, 15) is 13.2 Å². The van der Waals surface area contributed by atoms with Gasteiger partial charge in [0.1, 0.15) is 0 Å². The summed E-state index contributed by atoms with van der Waals surface area (Å²) in [5, 5.41) is 11.3. The molecule has 0 spiro atoms. The molecule has 0 atom stereocenters. The molecule has 0 unspecified atom stereocenters. The predicted octanol–water partition coefficient (Wildman–Crippen LogP) is 1.79. The molecule has 0 saturated heterocycles. The van der Waals surface area contributed by atoms with E-state index in [-0.39, 0.29) is 23.9 Å². The molecule has 1 heterocycles. The number of esters is 1. The summed E-state index contributed by atoms with van der Waals surface area (Å²) in [5.41, 5.74) is 0.867. The van der Waals surface area contributed by atoms with E-state index in [0.29, 0.717) is 31.9 Å². The zero-order chi connectivity index (χ0) is 20.6. The fraction of sp³-hybridized carbons (Fsp3) is 0.556. The molecule has 1 aromatic heterocycles. The van der Waals surface area contributed by atoms with Gasteiger partial charge in [-0.2, -0.15) is 4.31 Å². The Morgan fingerprint density at radius 2 is 1.82 bits per heavy atom. The summed E-state index contributed by atoms with van der Waals surface area (Å²) in [6.07, 6.45) is 1.54. The molecule has 0 aliphatic heterocycles. The first kappa shape index (κ1) is 22.0. The first-order valence-electron chi connectivity index (χ1n) is 9.42. The Bertz CT molecular complexity index is 860. The number of aryl methyl sites for hydroxylation is 2. The van der Waals surface area contributed by atoms with Gasteiger partial charge in [0, 0.05) is 26.1 Å². The van der Waals surface area contributed by atoms with Crippen LogP contribution in [0.4, 0.5) is 0 Å². The number of ether oxygens (including phenoxy) is 1. The maximum atomic E-state index is 12.5. The minimum absolute atomic E-state index is 0.0346. The fourth-order valence-corrected chi connectivity index (χ4v) is 4.17. The number of carbonyl (C=O) groups is 1. The lowest BCUT2D eigenvalue weighted by molar-refractivity contribution is -0.145. The van der Waals surface area contributed by atoms with Gasteiger partial charge in [-0.15, -0.1) is 5.10 Å². The van der Waals surface area contributed by atoms with Crippen molar-refractivity contribution in [2.45, 2.75) is 58.1 Å². The highest BCUT2D eigenvalue weighted by molar-refractivity contribution is 7.89. The molecule has 0 fully saturated rings. The van der Waals surface area contributed by atoms with Crippen molar-refractivity contribution in [3.8, 4) is 0 Å². The summed E-state index contributed by atoms with van der Waals surface area (Å²) in [4.78, 5) is 12.2. The molecule has 0 N–H and O–H groups in total. The van der Waals surface area contributed by atoms with Crippen LogP contribution in [0.3, 0.4) is 0 Å². The van der Waals surface area contributed by atoms with E-state index in [1.54, 1.807) is 28.9 Å². The zero-order valence-corrected chi connectivity index (χ0v) is 17.4. The fourth-order valence-electron chi connectivity index (χ4n) is 2.72. The molecule has 0 aliphatic rings. The first-order chi connectivity index (χ1) is 13.4. The quantitative estimate of drug-likeness (QED) is 0.521. The molecule has 2 rings (SSSR count). The van der Waals surface area contributed by atoms with Crippen molar-refractivity contribution in [2.75, 3.05) is 13.1 Å². The van der Waals surface area contributed by atoms with Crippen molar-refractivity contribution in [2.24, 2.45) is 0 Å². The van der Waals surface area contributed by atoms with E-state index in [0.717, 1.165) is 12.0 Å². The molecule has 0 amide bonds. The van der Waals surface area contributed by atoms with Gasteiger partial charge in [-0.25, -0.2) is 13.1 Å². The number of aromatic nitrogens is 4. The molecule has 1 aromatic carbocycles. The largest absolute Gasteiger partial charge is 0.457 e. The van der Waals surface area contributed by atoms with E-state index in [1.807, 2.05) is 20.8 Å². The second-order valence-electron chi connectivity index (χ2n) is 6.21. The Hall–Kier alpha value is -2.33. The molecule has 0 aliphatic carbocycles. The molecular weight excluding hydrogens is 382 g/mol. The van der Waals surface area contributed by atoms with Crippen molar-refractivity contribution < 1.29 is 17.9 Å². The van der Waals surface area contributed by atoms with E-state index in [4.69, 9.17) is 4.74 Å². The maximum absolute atomic E-state index is 12.5. The van der Waals surface area contributed by atoms with Crippen LogP contribution >= 0.6 is 0 Å². The SMILES string of the molecule is CCCn1nnnc1COC(=O)CCc1ccc(S(=O)(=O)N(CC)CC)cc1. The molecular formula is C18H27N5O4S. The summed E-state index contributed by atoms with van der Waals surface area (Å²) in [6.45, 7) is 7.18. The molecule has 28 heavy (non-hydrogen) atoms. The topological polar surface area (TPSA) is 107 Å². The van der Waals surface area contributed by atoms with E-state index in [1.165, 1.54) is 4.31 Å². The Labute approximate surface area is 165 Å². The van der Waals surface area contributed by atoms with Gasteiger partial charge in [0.05, 0.1) is 4.90 Å². The average molecular weight is 410 g/mol. The maximum Gasteiger partial charge on any atom is 0.306 e. The number of hydrogen-bond donors (Lipinski definition) is 0.